The van der Waals surface area contributed by atoms with Crippen molar-refractivity contribution < 1.29 is 0 Å². The summed E-state index contributed by atoms with van der Waals surface area (Å²) in [5.41, 5.74) is 4.24. The Kier molecular flexibility index (Phi) is 7.71. The summed E-state index contributed by atoms with van der Waals surface area (Å²) in [5.74, 6) is 0. The van der Waals surface area contributed by atoms with Gasteiger partial charge in [0.05, 0.1) is 0 Å². The Balaban J connectivity index is 2.31. The summed E-state index contributed by atoms with van der Waals surface area (Å²) in [6.45, 7) is 9.84. The number of hydrogen-bond acceptors (Lipinski definition) is 1. The summed E-state index contributed by atoms with van der Waals surface area (Å²) in [4.78, 5) is 2.70. The molecule has 0 aromatic carbocycles. The lowest BCUT2D eigenvalue weighted by atomic mass is 10.1. The summed E-state index contributed by atoms with van der Waals surface area (Å²) < 4.78 is 0. The monoisotopic (exact) mass is 341 g/mol. The van der Waals surface area contributed by atoms with E-state index in [0.717, 1.165) is 28.9 Å². The molecule has 0 N–H and O–H groups in total. The molecule has 0 amide bonds. The molecule has 128 valence electrons. The minimum atomic E-state index is 0.204. The number of rotatable bonds is 7. The van der Waals surface area contributed by atoms with E-state index in [9.17, 15) is 0 Å². The fraction of sp³-hybridized carbons (Fsp3) is 1.00. The minimum Gasteiger partial charge on any atom is -0.340 e. The van der Waals surface area contributed by atoms with Gasteiger partial charge in [0, 0.05) is 0 Å². The van der Waals surface area contributed by atoms with Crippen LogP contribution in [0.1, 0.15) is 79.1 Å². The van der Waals surface area contributed by atoms with Gasteiger partial charge in [-0.1, -0.05) is 27.7 Å². The van der Waals surface area contributed by atoms with Gasteiger partial charge in [-0.05, 0) is 88.1 Å². The van der Waals surface area contributed by atoms with Crippen LogP contribution < -0.4 is 0 Å². The van der Waals surface area contributed by atoms with Crippen molar-refractivity contribution in [3.63, 3.8) is 0 Å². The molecule has 0 saturated carbocycles. The van der Waals surface area contributed by atoms with E-state index in [1.54, 1.807) is 0 Å². The molecular formula is C18H38BNP2. The third kappa shape index (κ3) is 3.76. The molecule has 0 unspecified atom stereocenters. The predicted octanol–water partition coefficient (Wildman–Crippen LogP) is 6.20. The molecule has 4 atom stereocenters. The van der Waals surface area contributed by atoms with Crippen LogP contribution in [0.5, 0.6) is 0 Å². The molecule has 2 heterocycles. The minimum absolute atomic E-state index is 0.204. The van der Waals surface area contributed by atoms with E-state index in [2.05, 4.69) is 46.6 Å². The van der Waals surface area contributed by atoms with Crippen molar-refractivity contribution in [3.8, 4) is 0 Å². The van der Waals surface area contributed by atoms with Crippen LogP contribution in [0.15, 0.2) is 0 Å². The third-order valence-electron chi connectivity index (χ3n) is 6.23. The molecule has 0 aromatic heterocycles. The molecule has 2 saturated heterocycles. The molecule has 0 bridgehead atoms. The Morgan fingerprint density at radius 3 is 1.14 bits per heavy atom. The van der Waals surface area contributed by atoms with Crippen LogP contribution in [0.3, 0.4) is 0 Å². The molecule has 0 radical (unpaired) electrons. The number of hydrogen-bond donors (Lipinski definition) is 0. The fourth-order valence-corrected chi connectivity index (χ4v) is 15.8. The van der Waals surface area contributed by atoms with Crippen molar-refractivity contribution in [3.05, 3.63) is 0 Å². The average molecular weight is 341 g/mol. The van der Waals surface area contributed by atoms with Crippen molar-refractivity contribution in [2.24, 2.45) is 0 Å². The van der Waals surface area contributed by atoms with E-state index >= 15 is 0 Å². The highest BCUT2D eigenvalue weighted by Gasteiger charge is 2.50. The second kappa shape index (κ2) is 8.83. The van der Waals surface area contributed by atoms with Crippen LogP contribution in [-0.4, -0.2) is 47.8 Å². The normalized spacial score (nSPS) is 34.0. The maximum Gasteiger partial charge on any atom is 0.282 e. The van der Waals surface area contributed by atoms with Gasteiger partial charge >= 0.3 is 0 Å². The third-order valence-corrected chi connectivity index (χ3v) is 15.7. The average Bonchev–Trinajstić information content (AvgIpc) is 3.11. The zero-order valence-electron chi connectivity index (χ0n) is 15.9. The van der Waals surface area contributed by atoms with Gasteiger partial charge in [-0.3, -0.25) is 0 Å². The molecule has 4 heteroatoms. The van der Waals surface area contributed by atoms with Crippen molar-refractivity contribution in [2.75, 3.05) is 14.1 Å². The summed E-state index contributed by atoms with van der Waals surface area (Å²) in [6, 6.07) is 0. The summed E-state index contributed by atoms with van der Waals surface area (Å²) in [7, 11) is 5.22. The largest absolute Gasteiger partial charge is 0.340 e. The van der Waals surface area contributed by atoms with E-state index in [-0.39, 0.29) is 15.6 Å². The Labute approximate surface area is 142 Å². The number of nitrogens with zero attached hydrogens (tertiary/aromatic N) is 1. The molecule has 0 aliphatic carbocycles. The van der Waals surface area contributed by atoms with E-state index in [0.29, 0.717) is 0 Å². The first kappa shape index (κ1) is 19.2. The van der Waals surface area contributed by atoms with E-state index in [1.165, 1.54) is 51.4 Å². The maximum atomic E-state index is 2.70. The topological polar surface area (TPSA) is 3.24 Å². The van der Waals surface area contributed by atoms with Crippen molar-refractivity contribution >= 4 is 21.9 Å². The highest BCUT2D eigenvalue weighted by Crippen LogP contribution is 2.72. The van der Waals surface area contributed by atoms with Gasteiger partial charge in [-0.15, -0.1) is 15.6 Å². The van der Waals surface area contributed by atoms with Gasteiger partial charge in [-0.25, -0.2) is 0 Å². The first-order valence-corrected chi connectivity index (χ1v) is 12.9. The van der Waals surface area contributed by atoms with Crippen molar-refractivity contribution in [1.29, 1.82) is 0 Å². The van der Waals surface area contributed by atoms with Crippen LogP contribution in [-0.2, 0) is 0 Å². The predicted molar refractivity (Wildman–Crippen MR) is 108 cm³/mol. The van der Waals surface area contributed by atoms with Crippen LogP contribution in [0, 0.1) is 0 Å². The van der Waals surface area contributed by atoms with Gasteiger partial charge in [0.1, 0.15) is 0 Å². The van der Waals surface area contributed by atoms with Crippen molar-refractivity contribution in [1.82, 2.24) is 4.81 Å². The highest BCUT2D eigenvalue weighted by atomic mass is 31.2. The van der Waals surface area contributed by atoms with E-state index in [1.807, 2.05) is 0 Å². The lowest BCUT2D eigenvalue weighted by Crippen LogP contribution is -2.37. The van der Waals surface area contributed by atoms with Crippen LogP contribution >= 0.6 is 15.6 Å². The van der Waals surface area contributed by atoms with Crippen LogP contribution in [0.25, 0.3) is 0 Å². The first-order chi connectivity index (χ1) is 10.6. The van der Waals surface area contributed by atoms with E-state index < -0.39 is 0 Å². The van der Waals surface area contributed by atoms with Gasteiger partial charge in [0.25, 0.3) is 6.29 Å². The summed E-state index contributed by atoms with van der Waals surface area (Å²) in [6.07, 6.45) is 12.8. The molecular weight excluding hydrogens is 303 g/mol. The van der Waals surface area contributed by atoms with E-state index in [4.69, 9.17) is 0 Å². The summed E-state index contributed by atoms with van der Waals surface area (Å²) in [5, 5.41) is 0. The molecule has 2 rings (SSSR count). The molecule has 2 aliphatic rings. The smallest absolute Gasteiger partial charge is 0.282 e. The second-order valence-electron chi connectivity index (χ2n) is 7.61. The van der Waals surface area contributed by atoms with Gasteiger partial charge in [-0.2, -0.15) is 0 Å². The molecule has 2 fully saturated rings. The molecule has 0 aromatic rings. The van der Waals surface area contributed by atoms with Crippen LogP contribution in [0.2, 0.25) is 0 Å². The fourth-order valence-electron chi connectivity index (χ4n) is 5.06. The lowest BCUT2D eigenvalue weighted by molar-refractivity contribution is 0.665. The van der Waals surface area contributed by atoms with Gasteiger partial charge in [0.2, 0.25) is 0 Å². The summed E-state index contributed by atoms with van der Waals surface area (Å²) >= 11 is 0. The first-order valence-electron chi connectivity index (χ1n) is 9.80. The molecule has 1 nitrogen and oxygen atoms in total. The second-order valence-corrected chi connectivity index (χ2v) is 13.7. The Bertz CT molecular complexity index is 287. The quantitative estimate of drug-likeness (QED) is 0.394. The molecule has 0 spiro atoms. The highest BCUT2D eigenvalue weighted by molar-refractivity contribution is 8.20. The van der Waals surface area contributed by atoms with Crippen LogP contribution in [0.4, 0.5) is 0 Å². The zero-order chi connectivity index (χ0) is 16.3. The Morgan fingerprint density at radius 1 is 0.682 bits per heavy atom. The molecule has 2 aliphatic heterocycles. The zero-order valence-corrected chi connectivity index (χ0v) is 17.7. The molecule has 22 heavy (non-hydrogen) atoms. The van der Waals surface area contributed by atoms with Gasteiger partial charge < -0.3 is 4.81 Å². The maximum absolute atomic E-state index is 2.70. The van der Waals surface area contributed by atoms with Gasteiger partial charge in [0.15, 0.2) is 0 Å². The Morgan fingerprint density at radius 2 is 0.955 bits per heavy atom. The van der Waals surface area contributed by atoms with Crippen molar-refractivity contribution in [2.45, 2.75) is 102 Å². The lowest BCUT2D eigenvalue weighted by Gasteiger charge is -2.42. The Hall–Kier alpha value is 0.885. The SMILES string of the molecule is CC[C@@H]1CC[C@@H](CC)P1B(N(C)C)P1[C@H](CC)CC[C@H]1CC. The standard InChI is InChI=1S/C18H38BNP2/c1-7-15-11-12-16(8-2)21(15)19(20(5)6)22-17(9-3)13-14-18(22)10-4/h15-18H,7-14H2,1-6H3/t15-,16-,17-,18-/m1/s1.